The van der Waals surface area contributed by atoms with Gasteiger partial charge in [0.2, 0.25) is 11.8 Å². The lowest BCUT2D eigenvalue weighted by Gasteiger charge is -2.44. The second-order valence-electron chi connectivity index (χ2n) is 6.60. The number of hydrogen-bond donors (Lipinski definition) is 1. The molecule has 2 amide bonds. The van der Waals surface area contributed by atoms with Gasteiger partial charge in [-0.2, -0.15) is 0 Å². The molecule has 1 saturated carbocycles. The standard InChI is InChI=1S/C17H31N3O2/c1-3-18-16(21)12-19(4-2)13-17(22)20-11-7-9-14-8-5-6-10-15(14)20/h14-15H,3-13H2,1-2H3,(H,18,21). The molecule has 1 aliphatic heterocycles. The number of rotatable bonds is 6. The van der Waals surface area contributed by atoms with Crippen LogP contribution in [0.2, 0.25) is 0 Å². The SMILES string of the molecule is CCNC(=O)CN(CC)CC(=O)N1CCCC2CCCCC21. The molecule has 1 heterocycles. The molecule has 2 rings (SSSR count). The van der Waals surface area contributed by atoms with Crippen molar-refractivity contribution in [3.8, 4) is 0 Å². The summed E-state index contributed by atoms with van der Waals surface area (Å²) in [6.45, 7) is 6.88. The monoisotopic (exact) mass is 309 g/mol. The van der Waals surface area contributed by atoms with Crippen molar-refractivity contribution in [2.24, 2.45) is 5.92 Å². The average molecular weight is 309 g/mol. The zero-order valence-electron chi connectivity index (χ0n) is 14.1. The molecule has 22 heavy (non-hydrogen) atoms. The Morgan fingerprint density at radius 1 is 1.09 bits per heavy atom. The molecule has 2 aliphatic rings. The summed E-state index contributed by atoms with van der Waals surface area (Å²) in [5.41, 5.74) is 0. The Morgan fingerprint density at radius 2 is 1.82 bits per heavy atom. The molecule has 5 heteroatoms. The molecule has 0 aromatic rings. The van der Waals surface area contributed by atoms with Crippen LogP contribution in [0.1, 0.15) is 52.4 Å². The predicted octanol–water partition coefficient (Wildman–Crippen LogP) is 1.63. The minimum absolute atomic E-state index is 0.00587. The highest BCUT2D eigenvalue weighted by Gasteiger charge is 2.35. The van der Waals surface area contributed by atoms with E-state index in [0.29, 0.717) is 31.6 Å². The smallest absolute Gasteiger partial charge is 0.237 e. The summed E-state index contributed by atoms with van der Waals surface area (Å²) in [4.78, 5) is 28.5. The first-order chi connectivity index (χ1) is 10.7. The van der Waals surface area contributed by atoms with E-state index in [4.69, 9.17) is 0 Å². The number of nitrogens with one attached hydrogen (secondary N) is 1. The number of carbonyl (C=O) groups is 2. The average Bonchev–Trinajstić information content (AvgIpc) is 2.53. The number of nitrogens with zero attached hydrogens (tertiary/aromatic N) is 2. The van der Waals surface area contributed by atoms with Crippen LogP contribution >= 0.6 is 0 Å². The van der Waals surface area contributed by atoms with Crippen molar-refractivity contribution in [1.82, 2.24) is 15.1 Å². The quantitative estimate of drug-likeness (QED) is 0.811. The molecule has 2 unspecified atom stereocenters. The second kappa shape index (κ2) is 8.51. The summed E-state index contributed by atoms with van der Waals surface area (Å²) in [6.07, 6.45) is 7.44. The Morgan fingerprint density at radius 3 is 2.55 bits per heavy atom. The van der Waals surface area contributed by atoms with Crippen LogP contribution in [0.5, 0.6) is 0 Å². The van der Waals surface area contributed by atoms with E-state index in [9.17, 15) is 9.59 Å². The Labute approximate surface area is 134 Å². The maximum Gasteiger partial charge on any atom is 0.237 e. The van der Waals surface area contributed by atoms with Crippen LogP contribution in [0.3, 0.4) is 0 Å². The van der Waals surface area contributed by atoms with Gasteiger partial charge in [0, 0.05) is 19.1 Å². The van der Waals surface area contributed by atoms with E-state index in [0.717, 1.165) is 19.5 Å². The van der Waals surface area contributed by atoms with Crippen LogP contribution in [0.4, 0.5) is 0 Å². The van der Waals surface area contributed by atoms with Gasteiger partial charge in [-0.1, -0.05) is 19.8 Å². The summed E-state index contributed by atoms with van der Waals surface area (Å²) >= 11 is 0. The maximum atomic E-state index is 12.7. The molecule has 1 aliphatic carbocycles. The third-order valence-electron chi connectivity index (χ3n) is 5.11. The molecule has 0 radical (unpaired) electrons. The van der Waals surface area contributed by atoms with Crippen molar-refractivity contribution >= 4 is 11.8 Å². The van der Waals surface area contributed by atoms with Crippen LogP contribution in [-0.4, -0.2) is 60.4 Å². The second-order valence-corrected chi connectivity index (χ2v) is 6.60. The van der Waals surface area contributed by atoms with E-state index in [-0.39, 0.29) is 11.8 Å². The molecule has 1 N–H and O–H groups in total. The highest BCUT2D eigenvalue weighted by molar-refractivity contribution is 5.81. The Bertz CT molecular complexity index is 384. The number of likely N-dealkylation sites (tertiary alicyclic amines) is 1. The van der Waals surface area contributed by atoms with E-state index in [1.807, 2.05) is 18.7 Å². The van der Waals surface area contributed by atoms with Gasteiger partial charge in [-0.05, 0) is 45.1 Å². The summed E-state index contributed by atoms with van der Waals surface area (Å²) in [5, 5.41) is 2.80. The minimum Gasteiger partial charge on any atom is -0.355 e. The predicted molar refractivity (Wildman–Crippen MR) is 87.5 cm³/mol. The van der Waals surface area contributed by atoms with E-state index >= 15 is 0 Å². The van der Waals surface area contributed by atoms with E-state index in [2.05, 4.69) is 10.2 Å². The fourth-order valence-corrected chi connectivity index (χ4v) is 3.95. The number of carbonyl (C=O) groups excluding carboxylic acids is 2. The topological polar surface area (TPSA) is 52.7 Å². The van der Waals surface area contributed by atoms with Crippen molar-refractivity contribution < 1.29 is 9.59 Å². The zero-order chi connectivity index (χ0) is 15.9. The van der Waals surface area contributed by atoms with Crippen LogP contribution in [-0.2, 0) is 9.59 Å². The summed E-state index contributed by atoms with van der Waals surface area (Å²) in [6, 6.07) is 0.457. The van der Waals surface area contributed by atoms with Crippen LogP contribution in [0.15, 0.2) is 0 Å². The minimum atomic E-state index is 0.00587. The number of amides is 2. The van der Waals surface area contributed by atoms with Crippen molar-refractivity contribution in [2.75, 3.05) is 32.7 Å². The molecule has 0 aromatic heterocycles. The molecule has 0 spiro atoms. The number of fused-ring (bicyclic) bond motifs is 1. The van der Waals surface area contributed by atoms with Crippen molar-refractivity contribution in [2.45, 2.75) is 58.4 Å². The fourth-order valence-electron chi connectivity index (χ4n) is 3.95. The third kappa shape index (κ3) is 4.45. The lowest BCUT2D eigenvalue weighted by Crippen LogP contribution is -2.53. The van der Waals surface area contributed by atoms with Crippen LogP contribution in [0, 0.1) is 5.92 Å². The molecule has 0 aromatic carbocycles. The summed E-state index contributed by atoms with van der Waals surface area (Å²) in [7, 11) is 0. The Balaban J connectivity index is 1.90. The number of piperidine rings is 1. The fraction of sp³-hybridized carbons (Fsp3) is 0.882. The van der Waals surface area contributed by atoms with Gasteiger partial charge < -0.3 is 10.2 Å². The first kappa shape index (κ1) is 17.3. The molecule has 0 bridgehead atoms. The summed E-state index contributed by atoms with van der Waals surface area (Å²) < 4.78 is 0. The molecule has 2 atom stereocenters. The molecular formula is C17H31N3O2. The van der Waals surface area contributed by atoms with E-state index in [1.54, 1.807) is 0 Å². The van der Waals surface area contributed by atoms with Gasteiger partial charge in [-0.25, -0.2) is 0 Å². The first-order valence-electron chi connectivity index (χ1n) is 8.94. The Kier molecular flexibility index (Phi) is 6.68. The molecule has 5 nitrogen and oxygen atoms in total. The van der Waals surface area contributed by atoms with Crippen molar-refractivity contribution in [1.29, 1.82) is 0 Å². The normalized spacial score (nSPS) is 25.0. The van der Waals surface area contributed by atoms with Gasteiger partial charge >= 0.3 is 0 Å². The van der Waals surface area contributed by atoms with Crippen LogP contribution < -0.4 is 5.32 Å². The molecule has 1 saturated heterocycles. The highest BCUT2D eigenvalue weighted by atomic mass is 16.2. The van der Waals surface area contributed by atoms with Crippen molar-refractivity contribution in [3.63, 3.8) is 0 Å². The molecule has 2 fully saturated rings. The maximum absolute atomic E-state index is 12.7. The number of hydrogen-bond acceptors (Lipinski definition) is 3. The van der Waals surface area contributed by atoms with Gasteiger partial charge in [-0.15, -0.1) is 0 Å². The molecular weight excluding hydrogens is 278 g/mol. The number of likely N-dealkylation sites (N-methyl/N-ethyl adjacent to an activating group) is 2. The van der Waals surface area contributed by atoms with E-state index in [1.165, 1.54) is 32.1 Å². The third-order valence-corrected chi connectivity index (χ3v) is 5.11. The summed E-state index contributed by atoms with van der Waals surface area (Å²) in [5.74, 6) is 0.930. The van der Waals surface area contributed by atoms with Crippen LogP contribution in [0.25, 0.3) is 0 Å². The Hall–Kier alpha value is -1.10. The van der Waals surface area contributed by atoms with Gasteiger partial charge in [0.1, 0.15) is 0 Å². The van der Waals surface area contributed by atoms with Gasteiger partial charge in [0.15, 0.2) is 0 Å². The van der Waals surface area contributed by atoms with Gasteiger partial charge in [0.05, 0.1) is 13.1 Å². The zero-order valence-corrected chi connectivity index (χ0v) is 14.1. The first-order valence-corrected chi connectivity index (χ1v) is 8.94. The lowest BCUT2D eigenvalue weighted by molar-refractivity contribution is -0.139. The highest BCUT2D eigenvalue weighted by Crippen LogP contribution is 2.35. The van der Waals surface area contributed by atoms with E-state index < -0.39 is 0 Å². The van der Waals surface area contributed by atoms with Crippen molar-refractivity contribution in [3.05, 3.63) is 0 Å². The largest absolute Gasteiger partial charge is 0.355 e. The van der Waals surface area contributed by atoms with Gasteiger partial charge in [0.25, 0.3) is 0 Å². The lowest BCUT2D eigenvalue weighted by atomic mass is 9.78. The van der Waals surface area contributed by atoms with Gasteiger partial charge in [-0.3, -0.25) is 14.5 Å². The molecule has 126 valence electrons.